The summed E-state index contributed by atoms with van der Waals surface area (Å²) in [6, 6.07) is 46.7. The fourth-order valence-corrected chi connectivity index (χ4v) is 5.67. The first kappa shape index (κ1) is 22.6. The summed E-state index contributed by atoms with van der Waals surface area (Å²) < 4.78 is 0. The summed E-state index contributed by atoms with van der Waals surface area (Å²) >= 11 is 0. The van der Waals surface area contributed by atoms with E-state index in [4.69, 9.17) is 9.97 Å². The Balaban J connectivity index is 1.15. The number of para-hydroxylation sites is 1. The van der Waals surface area contributed by atoms with Crippen molar-refractivity contribution in [2.24, 2.45) is 0 Å². The van der Waals surface area contributed by atoms with Crippen LogP contribution in [0.5, 0.6) is 0 Å². The first-order chi connectivity index (χ1) is 19.8. The highest BCUT2D eigenvalue weighted by Gasteiger charge is 2.10. The van der Waals surface area contributed by atoms with Gasteiger partial charge in [-0.1, -0.05) is 91.0 Å². The highest BCUT2D eigenvalue weighted by atomic mass is 14.7. The van der Waals surface area contributed by atoms with Crippen LogP contribution >= 0.6 is 0 Å². The predicted molar refractivity (Wildman–Crippen MR) is 166 cm³/mol. The monoisotopic (exact) mass is 509 g/mol. The van der Waals surface area contributed by atoms with Crippen LogP contribution in [0.2, 0.25) is 0 Å². The number of aromatic nitrogens is 3. The van der Waals surface area contributed by atoms with Gasteiger partial charge in [0.05, 0.1) is 27.9 Å². The fraction of sp³-hybridized carbons (Fsp3) is 0. The molecule has 0 aliphatic heterocycles. The minimum atomic E-state index is 0.934. The van der Waals surface area contributed by atoms with E-state index in [1.807, 2.05) is 12.3 Å². The normalized spacial score (nSPS) is 11.5. The van der Waals surface area contributed by atoms with Crippen LogP contribution in [0.4, 0.5) is 0 Å². The minimum Gasteiger partial charge on any atom is -0.256 e. The Kier molecular flexibility index (Phi) is 5.14. The molecule has 0 radical (unpaired) electrons. The number of hydrogen-bond acceptors (Lipinski definition) is 3. The summed E-state index contributed by atoms with van der Waals surface area (Å²) in [5.74, 6) is 0. The van der Waals surface area contributed by atoms with Crippen LogP contribution in [0, 0.1) is 0 Å². The molecule has 0 N–H and O–H groups in total. The Labute approximate surface area is 231 Å². The zero-order chi connectivity index (χ0) is 26.5. The molecular formula is C37H23N3. The fourth-order valence-electron chi connectivity index (χ4n) is 5.67. The van der Waals surface area contributed by atoms with Crippen molar-refractivity contribution in [3.8, 4) is 33.6 Å². The highest BCUT2D eigenvalue weighted by molar-refractivity contribution is 5.98. The quantitative estimate of drug-likeness (QED) is 0.238. The molecule has 0 aliphatic rings. The van der Waals surface area contributed by atoms with Crippen molar-refractivity contribution in [2.45, 2.75) is 0 Å². The third-order valence-corrected chi connectivity index (χ3v) is 7.69. The van der Waals surface area contributed by atoms with Gasteiger partial charge in [0.25, 0.3) is 0 Å². The van der Waals surface area contributed by atoms with Gasteiger partial charge in [-0.25, -0.2) is 9.97 Å². The smallest absolute Gasteiger partial charge is 0.0795 e. The molecule has 0 saturated heterocycles. The van der Waals surface area contributed by atoms with Crippen molar-refractivity contribution >= 4 is 43.5 Å². The summed E-state index contributed by atoms with van der Waals surface area (Å²) in [5, 5.41) is 5.80. The lowest BCUT2D eigenvalue weighted by Gasteiger charge is -2.10. The molecule has 8 rings (SSSR count). The van der Waals surface area contributed by atoms with Gasteiger partial charge in [0.2, 0.25) is 0 Å². The molecule has 5 aromatic carbocycles. The first-order valence-electron chi connectivity index (χ1n) is 13.4. The maximum atomic E-state index is 5.03. The molecular weight excluding hydrogens is 486 g/mol. The third kappa shape index (κ3) is 3.79. The number of fused-ring (bicyclic) bond motifs is 4. The van der Waals surface area contributed by atoms with Crippen LogP contribution in [-0.2, 0) is 0 Å². The van der Waals surface area contributed by atoms with E-state index in [9.17, 15) is 0 Å². The van der Waals surface area contributed by atoms with Crippen LogP contribution in [0.3, 0.4) is 0 Å². The van der Waals surface area contributed by atoms with E-state index in [1.54, 1.807) is 0 Å². The van der Waals surface area contributed by atoms with Gasteiger partial charge in [-0.05, 0) is 64.4 Å². The number of nitrogens with zero attached hydrogens (tertiary/aromatic N) is 3. The summed E-state index contributed by atoms with van der Waals surface area (Å²) in [7, 11) is 0. The molecule has 0 atom stereocenters. The van der Waals surface area contributed by atoms with E-state index in [0.29, 0.717) is 0 Å². The molecule has 3 heteroatoms. The van der Waals surface area contributed by atoms with Crippen LogP contribution in [0.15, 0.2) is 140 Å². The Morgan fingerprint density at radius 2 is 1.00 bits per heavy atom. The van der Waals surface area contributed by atoms with Gasteiger partial charge < -0.3 is 0 Å². The molecule has 3 aromatic heterocycles. The van der Waals surface area contributed by atoms with E-state index in [0.717, 1.165) is 66.4 Å². The lowest BCUT2D eigenvalue weighted by molar-refractivity contribution is 1.37. The Hall–Kier alpha value is -5.41. The summed E-state index contributed by atoms with van der Waals surface area (Å²) in [6.45, 7) is 0. The van der Waals surface area contributed by atoms with E-state index in [1.165, 1.54) is 10.8 Å². The second-order valence-electron chi connectivity index (χ2n) is 10.1. The van der Waals surface area contributed by atoms with E-state index < -0.39 is 0 Å². The summed E-state index contributed by atoms with van der Waals surface area (Å²) in [6.07, 6.45) is 1.84. The van der Waals surface area contributed by atoms with Crippen LogP contribution in [0.25, 0.3) is 77.1 Å². The lowest BCUT2D eigenvalue weighted by Crippen LogP contribution is -1.90. The van der Waals surface area contributed by atoms with Crippen molar-refractivity contribution < 1.29 is 0 Å². The van der Waals surface area contributed by atoms with Crippen molar-refractivity contribution in [1.82, 2.24) is 15.0 Å². The van der Waals surface area contributed by atoms with Gasteiger partial charge >= 0.3 is 0 Å². The molecule has 0 fully saturated rings. The molecule has 186 valence electrons. The topological polar surface area (TPSA) is 38.7 Å². The van der Waals surface area contributed by atoms with Gasteiger partial charge in [0, 0.05) is 33.5 Å². The zero-order valence-electron chi connectivity index (χ0n) is 21.6. The summed E-state index contributed by atoms with van der Waals surface area (Å²) in [5.41, 5.74) is 9.39. The Morgan fingerprint density at radius 1 is 0.400 bits per heavy atom. The second-order valence-corrected chi connectivity index (χ2v) is 10.1. The van der Waals surface area contributed by atoms with E-state index in [2.05, 4.69) is 132 Å². The average Bonchev–Trinajstić information content (AvgIpc) is 3.03. The van der Waals surface area contributed by atoms with Gasteiger partial charge in [0.15, 0.2) is 0 Å². The molecule has 3 heterocycles. The molecule has 0 saturated carbocycles. The number of rotatable bonds is 3. The molecule has 3 nitrogen and oxygen atoms in total. The Bertz CT molecular complexity index is 2060. The van der Waals surface area contributed by atoms with Gasteiger partial charge in [-0.15, -0.1) is 0 Å². The standard InChI is InChI=1S/C37H23N3/c1-2-10-30-24(6-1)7-3-11-31(30)35-19-15-28-22-26(13-17-33(28)39-35)27-14-18-34-29(23-27)16-20-36(40-34)32-12-4-8-25-9-5-21-38-37(25)32/h1-23H. The minimum absolute atomic E-state index is 0.934. The number of benzene rings is 5. The predicted octanol–water partition coefficient (Wildman–Crippen LogP) is 9.49. The molecule has 0 bridgehead atoms. The highest BCUT2D eigenvalue weighted by Crippen LogP contribution is 2.32. The molecule has 40 heavy (non-hydrogen) atoms. The average molecular weight is 510 g/mol. The second kappa shape index (κ2) is 9.11. The van der Waals surface area contributed by atoms with Gasteiger partial charge in [-0.2, -0.15) is 0 Å². The molecule has 0 spiro atoms. The number of pyridine rings is 3. The molecule has 0 amide bonds. The van der Waals surface area contributed by atoms with E-state index >= 15 is 0 Å². The van der Waals surface area contributed by atoms with Crippen LogP contribution in [-0.4, -0.2) is 15.0 Å². The SMILES string of the molecule is c1ccc2c(-c3ccc4cc(-c5ccc6nc(-c7cccc8cccnc78)ccc6c5)ccc4n3)cccc2c1. The Morgan fingerprint density at radius 3 is 1.75 bits per heavy atom. The largest absolute Gasteiger partial charge is 0.256 e. The lowest BCUT2D eigenvalue weighted by atomic mass is 9.99. The van der Waals surface area contributed by atoms with Crippen molar-refractivity contribution in [1.29, 1.82) is 0 Å². The molecule has 8 aromatic rings. The zero-order valence-corrected chi connectivity index (χ0v) is 21.6. The summed E-state index contributed by atoms with van der Waals surface area (Å²) in [4.78, 5) is 14.6. The number of hydrogen-bond donors (Lipinski definition) is 0. The van der Waals surface area contributed by atoms with Crippen molar-refractivity contribution in [3.63, 3.8) is 0 Å². The van der Waals surface area contributed by atoms with E-state index in [-0.39, 0.29) is 0 Å². The van der Waals surface area contributed by atoms with Gasteiger partial charge in [-0.3, -0.25) is 4.98 Å². The van der Waals surface area contributed by atoms with Crippen molar-refractivity contribution in [3.05, 3.63) is 140 Å². The third-order valence-electron chi connectivity index (χ3n) is 7.69. The van der Waals surface area contributed by atoms with Crippen LogP contribution < -0.4 is 0 Å². The molecule has 0 unspecified atom stereocenters. The first-order valence-corrected chi connectivity index (χ1v) is 13.4. The maximum absolute atomic E-state index is 5.03. The molecule has 0 aliphatic carbocycles. The van der Waals surface area contributed by atoms with Crippen LogP contribution in [0.1, 0.15) is 0 Å². The van der Waals surface area contributed by atoms with Crippen molar-refractivity contribution in [2.75, 3.05) is 0 Å². The maximum Gasteiger partial charge on any atom is 0.0795 e. The van der Waals surface area contributed by atoms with Gasteiger partial charge in [0.1, 0.15) is 0 Å².